The molecule has 6 heteroatoms. The monoisotopic (exact) mass is 307 g/mol. The van der Waals surface area contributed by atoms with Crippen molar-refractivity contribution < 1.29 is 8.42 Å². The lowest BCUT2D eigenvalue weighted by atomic mass is 10.3. The summed E-state index contributed by atoms with van der Waals surface area (Å²) in [6, 6.07) is 6.83. The third kappa shape index (κ3) is 3.85. The van der Waals surface area contributed by atoms with Gasteiger partial charge in [-0.25, -0.2) is 13.4 Å². The average molecular weight is 307 g/mol. The van der Waals surface area contributed by atoms with Crippen LogP contribution < -0.4 is 5.32 Å². The van der Waals surface area contributed by atoms with Crippen molar-refractivity contribution in [1.82, 2.24) is 9.55 Å². The van der Waals surface area contributed by atoms with Crippen molar-refractivity contribution >= 4 is 15.8 Å². The van der Waals surface area contributed by atoms with Crippen molar-refractivity contribution in [2.24, 2.45) is 0 Å². The van der Waals surface area contributed by atoms with Crippen LogP contribution in [0.1, 0.15) is 25.5 Å². The van der Waals surface area contributed by atoms with Gasteiger partial charge in [0.2, 0.25) is 5.95 Å². The van der Waals surface area contributed by atoms with E-state index in [1.54, 1.807) is 24.3 Å². The van der Waals surface area contributed by atoms with Crippen LogP contribution in [0.5, 0.6) is 0 Å². The van der Waals surface area contributed by atoms with Gasteiger partial charge in [-0.05, 0) is 37.6 Å². The predicted octanol–water partition coefficient (Wildman–Crippen LogP) is 2.80. The topological polar surface area (TPSA) is 64.0 Å². The van der Waals surface area contributed by atoms with Crippen LogP contribution in [0.2, 0.25) is 0 Å². The maximum absolute atomic E-state index is 11.5. The zero-order valence-corrected chi connectivity index (χ0v) is 13.4. The van der Waals surface area contributed by atoms with E-state index in [1.165, 1.54) is 6.26 Å². The number of anilines is 1. The van der Waals surface area contributed by atoms with Crippen LogP contribution in [0.25, 0.3) is 5.69 Å². The number of benzene rings is 1. The number of unbranched alkanes of at least 4 members (excludes halogenated alkanes) is 1. The second-order valence-electron chi connectivity index (χ2n) is 5.12. The van der Waals surface area contributed by atoms with E-state index >= 15 is 0 Å². The molecule has 0 atom stereocenters. The highest BCUT2D eigenvalue weighted by atomic mass is 32.2. The van der Waals surface area contributed by atoms with Crippen molar-refractivity contribution in [2.45, 2.75) is 31.6 Å². The van der Waals surface area contributed by atoms with E-state index in [0.717, 1.165) is 36.7 Å². The summed E-state index contributed by atoms with van der Waals surface area (Å²) in [4.78, 5) is 4.79. The van der Waals surface area contributed by atoms with Gasteiger partial charge in [0.15, 0.2) is 9.84 Å². The second-order valence-corrected chi connectivity index (χ2v) is 7.14. The molecule has 0 bridgehead atoms. The third-order valence-corrected chi connectivity index (χ3v) is 4.31. The highest BCUT2D eigenvalue weighted by Gasteiger charge is 2.10. The van der Waals surface area contributed by atoms with E-state index in [0.29, 0.717) is 4.90 Å². The lowest BCUT2D eigenvalue weighted by molar-refractivity contribution is 0.602. The number of aromatic nitrogens is 2. The van der Waals surface area contributed by atoms with Crippen molar-refractivity contribution in [2.75, 3.05) is 18.1 Å². The molecule has 0 fully saturated rings. The summed E-state index contributed by atoms with van der Waals surface area (Å²) in [5, 5.41) is 3.31. The normalized spacial score (nSPS) is 11.6. The smallest absolute Gasteiger partial charge is 0.207 e. The Balaban J connectivity index is 2.29. The highest BCUT2D eigenvalue weighted by molar-refractivity contribution is 7.90. The Morgan fingerprint density at radius 2 is 1.90 bits per heavy atom. The zero-order valence-electron chi connectivity index (χ0n) is 12.6. The van der Waals surface area contributed by atoms with Crippen LogP contribution in [0, 0.1) is 6.92 Å². The predicted molar refractivity (Wildman–Crippen MR) is 84.8 cm³/mol. The first-order valence-electron chi connectivity index (χ1n) is 7.02. The molecule has 0 aliphatic carbocycles. The van der Waals surface area contributed by atoms with E-state index in [4.69, 9.17) is 0 Å². The van der Waals surface area contributed by atoms with Crippen molar-refractivity contribution in [3.05, 3.63) is 36.2 Å². The number of nitrogens with zero attached hydrogens (tertiary/aromatic N) is 2. The van der Waals surface area contributed by atoms with E-state index < -0.39 is 9.84 Å². The molecule has 0 saturated heterocycles. The van der Waals surface area contributed by atoms with Crippen LogP contribution in [0.4, 0.5) is 5.95 Å². The molecule has 21 heavy (non-hydrogen) atoms. The summed E-state index contributed by atoms with van der Waals surface area (Å²) in [7, 11) is -3.16. The lowest BCUT2D eigenvalue weighted by Gasteiger charge is -2.10. The number of nitrogens with one attached hydrogen (secondary N) is 1. The first-order chi connectivity index (χ1) is 9.91. The first-order valence-corrected chi connectivity index (χ1v) is 8.91. The fourth-order valence-electron chi connectivity index (χ4n) is 2.05. The van der Waals surface area contributed by atoms with Crippen LogP contribution >= 0.6 is 0 Å². The van der Waals surface area contributed by atoms with Gasteiger partial charge < -0.3 is 5.32 Å². The summed E-state index contributed by atoms with van der Waals surface area (Å²) in [5.74, 6) is 0.785. The molecule has 0 aliphatic rings. The van der Waals surface area contributed by atoms with Crippen LogP contribution in [-0.4, -0.2) is 30.8 Å². The molecule has 0 saturated carbocycles. The Hall–Kier alpha value is -1.82. The molecule has 2 rings (SSSR count). The molecule has 2 aromatic rings. The van der Waals surface area contributed by atoms with Crippen molar-refractivity contribution in [3.8, 4) is 5.69 Å². The van der Waals surface area contributed by atoms with E-state index in [-0.39, 0.29) is 0 Å². The summed E-state index contributed by atoms with van der Waals surface area (Å²) < 4.78 is 24.9. The van der Waals surface area contributed by atoms with Gasteiger partial charge in [-0.15, -0.1) is 0 Å². The van der Waals surface area contributed by atoms with Gasteiger partial charge in [-0.1, -0.05) is 13.3 Å². The maximum atomic E-state index is 11.5. The second kappa shape index (κ2) is 6.30. The molecular formula is C15H21N3O2S. The fourth-order valence-corrected chi connectivity index (χ4v) is 2.68. The molecular weight excluding hydrogens is 286 g/mol. The number of sulfone groups is 1. The average Bonchev–Trinajstić information content (AvgIpc) is 2.79. The number of imidazole rings is 1. The Bertz CT molecular complexity index is 703. The Kier molecular flexibility index (Phi) is 4.67. The standard InChI is InChI=1S/C15H21N3O2S/c1-4-5-10-16-15-17-12(2)11-18(15)13-6-8-14(9-7-13)21(3,19)20/h6-9,11H,4-5,10H2,1-3H3,(H,16,17). The van der Waals surface area contributed by atoms with E-state index in [1.807, 2.05) is 17.7 Å². The molecule has 0 spiro atoms. The molecule has 0 amide bonds. The maximum Gasteiger partial charge on any atom is 0.207 e. The lowest BCUT2D eigenvalue weighted by Crippen LogP contribution is -2.07. The Labute approximate surface area is 125 Å². The third-order valence-electron chi connectivity index (χ3n) is 3.18. The fraction of sp³-hybridized carbons (Fsp3) is 0.400. The molecule has 1 aromatic heterocycles. The number of rotatable bonds is 6. The van der Waals surface area contributed by atoms with Gasteiger partial charge in [0, 0.05) is 24.7 Å². The minimum Gasteiger partial charge on any atom is -0.355 e. The van der Waals surface area contributed by atoms with Gasteiger partial charge in [0.1, 0.15) is 0 Å². The Morgan fingerprint density at radius 3 is 2.48 bits per heavy atom. The van der Waals surface area contributed by atoms with Crippen LogP contribution in [-0.2, 0) is 9.84 Å². The van der Waals surface area contributed by atoms with Gasteiger partial charge >= 0.3 is 0 Å². The number of aryl methyl sites for hydroxylation is 1. The summed E-state index contributed by atoms with van der Waals surface area (Å²) in [6.45, 7) is 4.95. The highest BCUT2D eigenvalue weighted by Crippen LogP contribution is 2.19. The minimum atomic E-state index is -3.16. The summed E-state index contributed by atoms with van der Waals surface area (Å²) in [5.41, 5.74) is 1.81. The van der Waals surface area contributed by atoms with Gasteiger partial charge in [0.05, 0.1) is 10.6 Å². The summed E-state index contributed by atoms with van der Waals surface area (Å²) >= 11 is 0. The SMILES string of the molecule is CCCCNc1nc(C)cn1-c1ccc(S(C)(=O)=O)cc1. The molecule has 0 unspecified atom stereocenters. The molecule has 0 aliphatic heterocycles. The van der Waals surface area contributed by atoms with Crippen LogP contribution in [0.15, 0.2) is 35.4 Å². The van der Waals surface area contributed by atoms with Crippen LogP contribution in [0.3, 0.4) is 0 Å². The Morgan fingerprint density at radius 1 is 1.24 bits per heavy atom. The zero-order chi connectivity index (χ0) is 15.5. The largest absolute Gasteiger partial charge is 0.355 e. The molecule has 1 N–H and O–H groups in total. The van der Waals surface area contributed by atoms with E-state index in [9.17, 15) is 8.42 Å². The summed E-state index contributed by atoms with van der Waals surface area (Å²) in [6.07, 6.45) is 5.35. The van der Waals surface area contributed by atoms with Crippen molar-refractivity contribution in [1.29, 1.82) is 0 Å². The quantitative estimate of drug-likeness (QED) is 0.834. The van der Waals surface area contributed by atoms with E-state index in [2.05, 4.69) is 17.2 Å². The van der Waals surface area contributed by atoms with Crippen molar-refractivity contribution in [3.63, 3.8) is 0 Å². The van der Waals surface area contributed by atoms with Gasteiger partial charge in [0.25, 0.3) is 0 Å². The van der Waals surface area contributed by atoms with Gasteiger partial charge in [-0.2, -0.15) is 0 Å². The molecule has 0 radical (unpaired) electrons. The molecule has 1 aromatic carbocycles. The number of hydrogen-bond donors (Lipinski definition) is 1. The number of hydrogen-bond acceptors (Lipinski definition) is 4. The molecule has 114 valence electrons. The minimum absolute atomic E-state index is 0.323. The molecule has 5 nitrogen and oxygen atoms in total. The molecule has 1 heterocycles. The van der Waals surface area contributed by atoms with Gasteiger partial charge in [-0.3, -0.25) is 4.57 Å². The first kappa shape index (κ1) is 15.6.